The minimum absolute atomic E-state index is 0.0282. The normalized spacial score (nSPS) is 10.8. The van der Waals surface area contributed by atoms with E-state index < -0.39 is 0 Å². The first-order chi connectivity index (χ1) is 6.22. The largest absolute Gasteiger partial charge is 0.397 e. The molecule has 1 heterocycles. The molecule has 0 atom stereocenters. The summed E-state index contributed by atoms with van der Waals surface area (Å²) in [5, 5.41) is 10.8. The van der Waals surface area contributed by atoms with Gasteiger partial charge in [-0.15, -0.1) is 11.3 Å². The number of aliphatic hydroxyl groups excluding tert-OH is 1. The number of fused-ring (bicyclic) bond motifs is 1. The first-order valence-electron chi connectivity index (χ1n) is 3.89. The van der Waals surface area contributed by atoms with E-state index >= 15 is 0 Å². The minimum Gasteiger partial charge on any atom is -0.397 e. The van der Waals surface area contributed by atoms with Crippen molar-refractivity contribution >= 4 is 32.1 Å². The summed E-state index contributed by atoms with van der Waals surface area (Å²) < 4.78 is 0.962. The fourth-order valence-corrected chi connectivity index (χ4v) is 2.23. The molecule has 2 aromatic rings. The van der Waals surface area contributed by atoms with Gasteiger partial charge in [0.1, 0.15) is 0 Å². The number of hydrogen-bond donors (Lipinski definition) is 3. The second-order valence-electron chi connectivity index (χ2n) is 2.86. The molecular weight excluding hydrogens is 184 g/mol. The van der Waals surface area contributed by atoms with Crippen LogP contribution in [0.5, 0.6) is 0 Å². The third-order valence-electron chi connectivity index (χ3n) is 2.00. The third kappa shape index (κ3) is 1.24. The number of hydrogen-bond acceptors (Lipinski definition) is 4. The van der Waals surface area contributed by atoms with Crippen molar-refractivity contribution in [2.45, 2.75) is 6.61 Å². The van der Waals surface area contributed by atoms with Crippen LogP contribution in [-0.4, -0.2) is 5.11 Å². The molecular formula is C9H10N2OS. The molecule has 0 saturated carbocycles. The highest BCUT2D eigenvalue weighted by molar-refractivity contribution is 7.23. The zero-order valence-corrected chi connectivity index (χ0v) is 7.77. The fourth-order valence-electron chi connectivity index (χ4n) is 1.32. The van der Waals surface area contributed by atoms with E-state index in [1.807, 2.05) is 18.2 Å². The maximum atomic E-state index is 8.98. The highest BCUT2D eigenvalue weighted by atomic mass is 32.1. The molecule has 0 bridgehead atoms. The lowest BCUT2D eigenvalue weighted by Gasteiger charge is -2.01. The Labute approximate surface area is 79.6 Å². The van der Waals surface area contributed by atoms with Gasteiger partial charge < -0.3 is 16.6 Å². The van der Waals surface area contributed by atoms with Crippen LogP contribution in [0.1, 0.15) is 5.56 Å². The average molecular weight is 194 g/mol. The molecule has 1 aromatic carbocycles. The Balaban J connectivity index is 2.78. The topological polar surface area (TPSA) is 72.3 Å². The summed E-state index contributed by atoms with van der Waals surface area (Å²) in [5.74, 6) is 0. The van der Waals surface area contributed by atoms with Gasteiger partial charge in [0.2, 0.25) is 0 Å². The van der Waals surface area contributed by atoms with Crippen molar-refractivity contribution in [3.05, 3.63) is 23.8 Å². The van der Waals surface area contributed by atoms with Crippen LogP contribution in [0.3, 0.4) is 0 Å². The van der Waals surface area contributed by atoms with E-state index in [-0.39, 0.29) is 6.61 Å². The zero-order chi connectivity index (χ0) is 9.42. The van der Waals surface area contributed by atoms with Crippen molar-refractivity contribution in [3.63, 3.8) is 0 Å². The Morgan fingerprint density at radius 3 is 2.77 bits per heavy atom. The Kier molecular flexibility index (Phi) is 1.86. The number of rotatable bonds is 1. The molecule has 0 aliphatic rings. The summed E-state index contributed by atoms with van der Waals surface area (Å²) in [6.07, 6.45) is 0. The molecule has 0 aliphatic heterocycles. The van der Waals surface area contributed by atoms with E-state index in [9.17, 15) is 0 Å². The van der Waals surface area contributed by atoms with Crippen LogP contribution in [0.2, 0.25) is 0 Å². The zero-order valence-electron chi connectivity index (χ0n) is 6.95. The smallest absolute Gasteiger partial charge is 0.0869 e. The quantitative estimate of drug-likeness (QED) is 0.603. The van der Waals surface area contributed by atoms with E-state index in [4.69, 9.17) is 16.6 Å². The van der Waals surface area contributed by atoms with Crippen molar-refractivity contribution in [3.8, 4) is 0 Å². The molecule has 4 heteroatoms. The van der Waals surface area contributed by atoms with Gasteiger partial charge in [-0.25, -0.2) is 0 Å². The predicted octanol–water partition coefficient (Wildman–Crippen LogP) is 1.56. The lowest BCUT2D eigenvalue weighted by atomic mass is 10.1. The maximum absolute atomic E-state index is 8.98. The summed E-state index contributed by atoms with van der Waals surface area (Å²) in [6.45, 7) is -0.0282. The van der Waals surface area contributed by atoms with Crippen LogP contribution in [0.4, 0.5) is 10.7 Å². The molecule has 0 fully saturated rings. The van der Waals surface area contributed by atoms with Crippen LogP contribution < -0.4 is 11.5 Å². The molecule has 13 heavy (non-hydrogen) atoms. The molecule has 5 N–H and O–H groups in total. The number of aliphatic hydroxyl groups is 1. The Morgan fingerprint density at radius 2 is 2.08 bits per heavy atom. The maximum Gasteiger partial charge on any atom is 0.0869 e. The van der Waals surface area contributed by atoms with Crippen molar-refractivity contribution in [1.82, 2.24) is 0 Å². The van der Waals surface area contributed by atoms with E-state index in [1.54, 1.807) is 0 Å². The molecule has 0 radical (unpaired) electrons. The Morgan fingerprint density at radius 1 is 1.31 bits per heavy atom. The van der Waals surface area contributed by atoms with Crippen LogP contribution in [0.25, 0.3) is 10.1 Å². The Hall–Kier alpha value is -1.26. The molecule has 1 aromatic heterocycles. The van der Waals surface area contributed by atoms with Crippen LogP contribution in [0, 0.1) is 0 Å². The first-order valence-corrected chi connectivity index (χ1v) is 4.71. The van der Waals surface area contributed by atoms with E-state index in [1.165, 1.54) is 11.3 Å². The van der Waals surface area contributed by atoms with Crippen molar-refractivity contribution in [1.29, 1.82) is 0 Å². The van der Waals surface area contributed by atoms with E-state index in [0.717, 1.165) is 20.7 Å². The highest BCUT2D eigenvalue weighted by Crippen LogP contribution is 2.33. The molecule has 0 unspecified atom stereocenters. The Bertz CT molecular complexity index is 450. The summed E-state index contributed by atoms with van der Waals surface area (Å²) in [6, 6.07) is 5.63. The standard InChI is InChI=1S/C9H10N2OS/c10-7-3-5-1-2-6(4-12)8(11)9(5)13-7/h1-3,12H,4,10-11H2. The summed E-state index contributed by atoms with van der Waals surface area (Å²) in [7, 11) is 0. The van der Waals surface area contributed by atoms with Gasteiger partial charge in [0.25, 0.3) is 0 Å². The number of nitrogens with two attached hydrogens (primary N) is 2. The van der Waals surface area contributed by atoms with Crippen LogP contribution in [-0.2, 0) is 6.61 Å². The molecule has 0 aliphatic carbocycles. The van der Waals surface area contributed by atoms with Crippen molar-refractivity contribution < 1.29 is 5.11 Å². The van der Waals surface area contributed by atoms with Gasteiger partial charge in [-0.2, -0.15) is 0 Å². The minimum atomic E-state index is -0.0282. The van der Waals surface area contributed by atoms with Gasteiger partial charge in [-0.3, -0.25) is 0 Å². The highest BCUT2D eigenvalue weighted by Gasteiger charge is 2.06. The number of nitrogen functional groups attached to an aromatic ring is 2. The first kappa shape index (κ1) is 8.34. The average Bonchev–Trinajstić information content (AvgIpc) is 2.47. The monoisotopic (exact) mass is 194 g/mol. The van der Waals surface area contributed by atoms with Crippen LogP contribution >= 0.6 is 11.3 Å². The fraction of sp³-hybridized carbons (Fsp3) is 0.111. The second kappa shape index (κ2) is 2.90. The van der Waals surface area contributed by atoms with E-state index in [2.05, 4.69) is 0 Å². The molecule has 0 saturated heterocycles. The number of benzene rings is 1. The molecule has 68 valence electrons. The SMILES string of the molecule is Nc1cc2ccc(CO)c(N)c2s1. The number of anilines is 2. The lowest BCUT2D eigenvalue weighted by molar-refractivity contribution is 0.282. The summed E-state index contributed by atoms with van der Waals surface area (Å²) >= 11 is 1.45. The third-order valence-corrected chi connectivity index (χ3v) is 3.02. The molecule has 0 spiro atoms. The summed E-state index contributed by atoms with van der Waals surface area (Å²) in [5.41, 5.74) is 12.9. The van der Waals surface area contributed by atoms with Gasteiger partial charge in [0.05, 0.1) is 22.0 Å². The van der Waals surface area contributed by atoms with Crippen molar-refractivity contribution in [2.75, 3.05) is 11.5 Å². The molecule has 3 nitrogen and oxygen atoms in total. The molecule has 0 amide bonds. The van der Waals surface area contributed by atoms with Gasteiger partial charge in [0, 0.05) is 5.56 Å². The summed E-state index contributed by atoms with van der Waals surface area (Å²) in [4.78, 5) is 0. The van der Waals surface area contributed by atoms with E-state index in [0.29, 0.717) is 5.69 Å². The van der Waals surface area contributed by atoms with Crippen LogP contribution in [0.15, 0.2) is 18.2 Å². The van der Waals surface area contributed by atoms with Crippen molar-refractivity contribution in [2.24, 2.45) is 0 Å². The van der Waals surface area contributed by atoms with Gasteiger partial charge in [0.15, 0.2) is 0 Å². The second-order valence-corrected chi connectivity index (χ2v) is 3.95. The predicted molar refractivity (Wildman–Crippen MR) is 56.6 cm³/mol. The van der Waals surface area contributed by atoms with Gasteiger partial charge >= 0.3 is 0 Å². The molecule has 2 rings (SSSR count). The number of thiophene rings is 1. The van der Waals surface area contributed by atoms with Gasteiger partial charge in [-0.1, -0.05) is 12.1 Å². The van der Waals surface area contributed by atoms with Gasteiger partial charge in [-0.05, 0) is 11.5 Å². The lowest BCUT2D eigenvalue weighted by Crippen LogP contribution is -1.93.